The molecule has 1 heterocycles. The van der Waals surface area contributed by atoms with Crippen LogP contribution < -0.4 is 14.8 Å². The highest BCUT2D eigenvalue weighted by molar-refractivity contribution is 7.85. The fourth-order valence-electron chi connectivity index (χ4n) is 2.66. The van der Waals surface area contributed by atoms with Crippen LogP contribution in [0.2, 0.25) is 0 Å². The van der Waals surface area contributed by atoms with Gasteiger partial charge in [-0.2, -0.15) is 8.42 Å². The van der Waals surface area contributed by atoms with Crippen LogP contribution in [-0.4, -0.2) is 45.5 Å². The first-order valence-corrected chi connectivity index (χ1v) is 8.93. The van der Waals surface area contributed by atoms with Gasteiger partial charge >= 0.3 is 10.0 Å². The van der Waals surface area contributed by atoms with Crippen LogP contribution in [0.1, 0.15) is 5.56 Å². The second-order valence-corrected chi connectivity index (χ2v) is 7.07. The quantitative estimate of drug-likeness (QED) is 0.830. The SMILES string of the molecule is COc1ccc(OC)c(S(=O)(=O)[N+]2=C(c3ccccc3)NCC2)c1. The van der Waals surface area contributed by atoms with Crippen LogP contribution in [0.15, 0.2) is 53.4 Å². The molecule has 7 heteroatoms. The van der Waals surface area contributed by atoms with Crippen LogP contribution in [0.4, 0.5) is 0 Å². The summed E-state index contributed by atoms with van der Waals surface area (Å²) < 4.78 is 38.2. The molecular weight excluding hydrogens is 328 g/mol. The average molecular weight is 347 g/mol. The lowest BCUT2D eigenvalue weighted by atomic mass is 10.2. The van der Waals surface area contributed by atoms with Crippen molar-refractivity contribution in [3.8, 4) is 11.5 Å². The van der Waals surface area contributed by atoms with Gasteiger partial charge in [0.1, 0.15) is 24.6 Å². The highest BCUT2D eigenvalue weighted by Crippen LogP contribution is 2.30. The lowest BCUT2D eigenvalue weighted by Crippen LogP contribution is -2.28. The predicted octanol–water partition coefficient (Wildman–Crippen LogP) is 1.46. The Morgan fingerprint density at radius 2 is 1.79 bits per heavy atom. The number of hydrogen-bond acceptors (Lipinski definition) is 5. The number of nitrogens with zero attached hydrogens (tertiary/aromatic N) is 1. The summed E-state index contributed by atoms with van der Waals surface area (Å²) in [4.78, 5) is 0.0847. The van der Waals surface area contributed by atoms with E-state index in [0.717, 1.165) is 5.56 Å². The molecule has 1 N–H and O–H groups in total. The molecule has 0 unspecified atom stereocenters. The number of sulfonamides is 1. The molecule has 126 valence electrons. The minimum atomic E-state index is -3.78. The summed E-state index contributed by atoms with van der Waals surface area (Å²) >= 11 is 0. The number of ether oxygens (including phenoxy) is 2. The molecule has 2 aromatic carbocycles. The normalized spacial score (nSPS) is 14.4. The summed E-state index contributed by atoms with van der Waals surface area (Å²) in [6, 6.07) is 14.1. The second-order valence-electron chi connectivity index (χ2n) is 5.24. The Balaban J connectivity index is 2.17. The van der Waals surface area contributed by atoms with Gasteiger partial charge in [-0.25, -0.2) is 0 Å². The van der Waals surface area contributed by atoms with Crippen molar-refractivity contribution in [3.05, 3.63) is 54.1 Å². The summed E-state index contributed by atoms with van der Waals surface area (Å²) in [7, 11) is -0.836. The van der Waals surface area contributed by atoms with Gasteiger partial charge in [0, 0.05) is 6.07 Å². The summed E-state index contributed by atoms with van der Waals surface area (Å²) in [5.41, 5.74) is 0.820. The first kappa shape index (κ1) is 16.3. The molecule has 0 atom stereocenters. The van der Waals surface area contributed by atoms with Crippen LogP contribution in [0, 0.1) is 0 Å². The first-order valence-electron chi connectivity index (χ1n) is 7.49. The molecule has 0 aromatic heterocycles. The van der Waals surface area contributed by atoms with E-state index in [1.165, 1.54) is 24.3 Å². The number of methoxy groups -OCH3 is 2. The molecule has 1 aliphatic heterocycles. The van der Waals surface area contributed by atoms with Crippen molar-refractivity contribution < 1.29 is 21.9 Å². The van der Waals surface area contributed by atoms with Crippen LogP contribution in [0.3, 0.4) is 0 Å². The predicted molar refractivity (Wildman–Crippen MR) is 90.4 cm³/mol. The minimum absolute atomic E-state index is 0.0847. The molecule has 0 saturated heterocycles. The summed E-state index contributed by atoms with van der Waals surface area (Å²) in [6.45, 7) is 0.905. The molecule has 0 aliphatic carbocycles. The zero-order valence-electron chi connectivity index (χ0n) is 13.5. The molecule has 24 heavy (non-hydrogen) atoms. The van der Waals surface area contributed by atoms with Crippen molar-refractivity contribution in [2.24, 2.45) is 0 Å². The van der Waals surface area contributed by atoms with E-state index in [1.807, 2.05) is 30.3 Å². The van der Waals surface area contributed by atoms with E-state index in [2.05, 4.69) is 5.32 Å². The molecule has 0 bridgehead atoms. The third-order valence-corrected chi connectivity index (χ3v) is 5.66. The molecule has 0 spiro atoms. The topological polar surface area (TPSA) is 67.6 Å². The van der Waals surface area contributed by atoms with Gasteiger partial charge in [-0.05, 0) is 24.3 Å². The second kappa shape index (κ2) is 6.52. The van der Waals surface area contributed by atoms with E-state index in [9.17, 15) is 8.42 Å². The number of benzene rings is 2. The molecule has 6 nitrogen and oxygen atoms in total. The van der Waals surface area contributed by atoms with E-state index in [1.54, 1.807) is 12.1 Å². The number of amidine groups is 1. The van der Waals surface area contributed by atoms with Gasteiger partial charge < -0.3 is 9.47 Å². The standard InChI is InChI=1S/C17H18N2O4S/c1-22-14-8-9-15(23-2)16(12-14)24(20,21)19-11-10-18-17(19)13-6-4-3-5-7-13/h3-9,12H,10-11H2,1-2H3/p+1. The maximum absolute atomic E-state index is 13.2. The van der Waals surface area contributed by atoms with Gasteiger partial charge in [-0.15, -0.1) is 3.98 Å². The molecule has 0 amide bonds. The van der Waals surface area contributed by atoms with Crippen molar-refractivity contribution in [2.75, 3.05) is 27.3 Å². The fraction of sp³-hybridized carbons (Fsp3) is 0.235. The van der Waals surface area contributed by atoms with Crippen molar-refractivity contribution in [1.82, 2.24) is 5.32 Å². The molecule has 3 rings (SSSR count). The Morgan fingerprint density at radius 1 is 1.04 bits per heavy atom. The number of hydrogen-bond donors (Lipinski definition) is 1. The maximum atomic E-state index is 13.2. The lowest BCUT2D eigenvalue weighted by Gasteiger charge is -2.11. The van der Waals surface area contributed by atoms with Crippen molar-refractivity contribution >= 4 is 15.9 Å². The van der Waals surface area contributed by atoms with Crippen molar-refractivity contribution in [3.63, 3.8) is 0 Å². The zero-order chi connectivity index (χ0) is 17.2. The Bertz CT molecular complexity index is 877. The van der Waals surface area contributed by atoms with E-state index in [0.29, 0.717) is 24.7 Å². The highest BCUT2D eigenvalue weighted by atomic mass is 32.2. The van der Waals surface area contributed by atoms with E-state index in [-0.39, 0.29) is 10.6 Å². The van der Waals surface area contributed by atoms with Gasteiger partial charge in [0.2, 0.25) is 0 Å². The Hall–Kier alpha value is -2.54. The third-order valence-electron chi connectivity index (χ3n) is 3.84. The van der Waals surface area contributed by atoms with Gasteiger partial charge in [0.25, 0.3) is 5.84 Å². The van der Waals surface area contributed by atoms with E-state index >= 15 is 0 Å². The van der Waals surface area contributed by atoms with Gasteiger partial charge in [0.15, 0.2) is 4.90 Å². The summed E-state index contributed by atoms with van der Waals surface area (Å²) in [5, 5.41) is 3.16. The first-order chi connectivity index (χ1) is 11.6. The van der Waals surface area contributed by atoms with Crippen LogP contribution in [0.5, 0.6) is 11.5 Å². The van der Waals surface area contributed by atoms with Gasteiger partial charge in [0.05, 0.1) is 19.8 Å². The number of nitrogens with one attached hydrogen (secondary N) is 1. The fourth-order valence-corrected chi connectivity index (χ4v) is 4.31. The van der Waals surface area contributed by atoms with Gasteiger partial charge in [-0.1, -0.05) is 18.2 Å². The van der Waals surface area contributed by atoms with Crippen LogP contribution in [0.25, 0.3) is 0 Å². The van der Waals surface area contributed by atoms with Crippen molar-refractivity contribution in [2.45, 2.75) is 4.90 Å². The Labute approximate surface area is 141 Å². The number of rotatable bonds is 5. The third kappa shape index (κ3) is 2.82. The highest BCUT2D eigenvalue weighted by Gasteiger charge is 2.35. The minimum Gasteiger partial charge on any atom is -0.497 e. The largest absolute Gasteiger partial charge is 0.497 e. The Morgan fingerprint density at radius 3 is 2.46 bits per heavy atom. The average Bonchev–Trinajstić information content (AvgIpc) is 3.12. The van der Waals surface area contributed by atoms with E-state index in [4.69, 9.17) is 9.47 Å². The molecule has 1 aliphatic rings. The maximum Gasteiger partial charge on any atom is 0.335 e. The zero-order valence-corrected chi connectivity index (χ0v) is 14.3. The smallest absolute Gasteiger partial charge is 0.335 e. The lowest BCUT2D eigenvalue weighted by molar-refractivity contribution is -0.352. The van der Waals surface area contributed by atoms with Crippen molar-refractivity contribution in [1.29, 1.82) is 0 Å². The molecule has 2 aromatic rings. The van der Waals surface area contributed by atoms with Crippen LogP contribution in [-0.2, 0) is 10.0 Å². The molecule has 0 fully saturated rings. The summed E-state index contributed by atoms with van der Waals surface area (Å²) in [5.74, 6) is 1.32. The molecular formula is C17H19N2O4S+. The van der Waals surface area contributed by atoms with Gasteiger partial charge in [-0.3, -0.25) is 5.32 Å². The molecule has 0 saturated carbocycles. The van der Waals surface area contributed by atoms with E-state index < -0.39 is 10.0 Å². The molecule has 0 radical (unpaired) electrons. The summed E-state index contributed by atoms with van der Waals surface area (Å²) in [6.07, 6.45) is 0. The Kier molecular flexibility index (Phi) is 4.44. The monoisotopic (exact) mass is 347 g/mol. The van der Waals surface area contributed by atoms with Crippen LogP contribution >= 0.6 is 0 Å².